The smallest absolute Gasteiger partial charge is 0.257 e. The molecule has 1 aliphatic rings. The van der Waals surface area contributed by atoms with Gasteiger partial charge in [-0.05, 0) is 70.3 Å². The fourth-order valence-electron chi connectivity index (χ4n) is 4.16. The van der Waals surface area contributed by atoms with Crippen molar-refractivity contribution in [2.75, 3.05) is 19.7 Å². The van der Waals surface area contributed by atoms with Crippen LogP contribution < -0.4 is 15.4 Å². The van der Waals surface area contributed by atoms with Crippen molar-refractivity contribution in [2.45, 2.75) is 31.8 Å². The van der Waals surface area contributed by atoms with Gasteiger partial charge in [0.2, 0.25) is 0 Å². The molecule has 3 aromatic rings. The second-order valence-electron chi connectivity index (χ2n) is 8.69. The van der Waals surface area contributed by atoms with E-state index < -0.39 is 0 Å². The summed E-state index contributed by atoms with van der Waals surface area (Å²) in [6, 6.07) is 26.3. The third-order valence-electron chi connectivity index (χ3n) is 6.08. The molecule has 0 aromatic heterocycles. The average Bonchev–Trinajstić information content (AvgIpc) is 2.87. The number of likely N-dealkylation sites (tertiary alicyclic amines) is 1. The van der Waals surface area contributed by atoms with Crippen LogP contribution in [-0.4, -0.2) is 41.7 Å². The van der Waals surface area contributed by atoms with Crippen LogP contribution in [0.2, 0.25) is 0 Å². The Labute approximate surface area is 221 Å². The summed E-state index contributed by atoms with van der Waals surface area (Å²) in [5.74, 6) is 0.473. The van der Waals surface area contributed by atoms with E-state index in [1.807, 2.05) is 30.3 Å². The van der Waals surface area contributed by atoms with E-state index in [0.29, 0.717) is 23.0 Å². The van der Waals surface area contributed by atoms with Crippen molar-refractivity contribution in [2.24, 2.45) is 0 Å². The first-order chi connectivity index (χ1) is 17.1. The fraction of sp³-hybridized carbons (Fsp3) is 0.286. The first kappa shape index (κ1) is 25.4. The molecule has 1 saturated heterocycles. The lowest BCUT2D eigenvalue weighted by Crippen LogP contribution is -2.48. The largest absolute Gasteiger partial charge is 0.492 e. The van der Waals surface area contributed by atoms with Gasteiger partial charge in [0, 0.05) is 37.7 Å². The van der Waals surface area contributed by atoms with Gasteiger partial charge in [-0.2, -0.15) is 0 Å². The Hall–Kier alpha value is -2.74. The number of hydrogen-bond acceptors (Lipinski definition) is 4. The van der Waals surface area contributed by atoms with E-state index in [0.717, 1.165) is 43.4 Å². The maximum atomic E-state index is 12.7. The third-order valence-corrected chi connectivity index (χ3v) is 6.92. The molecular weight excluding hydrogens is 522 g/mol. The highest BCUT2D eigenvalue weighted by atomic mass is 79.9. The summed E-state index contributed by atoms with van der Waals surface area (Å²) >= 11 is 8.93. The molecule has 2 N–H and O–H groups in total. The van der Waals surface area contributed by atoms with Gasteiger partial charge in [-0.25, -0.2) is 0 Å². The van der Waals surface area contributed by atoms with Gasteiger partial charge in [0.15, 0.2) is 5.11 Å². The van der Waals surface area contributed by atoms with Crippen LogP contribution in [0.25, 0.3) is 0 Å². The minimum Gasteiger partial charge on any atom is -0.492 e. The van der Waals surface area contributed by atoms with Gasteiger partial charge in [0.1, 0.15) is 5.75 Å². The summed E-state index contributed by atoms with van der Waals surface area (Å²) in [4.78, 5) is 15.2. The number of hydrogen-bond donors (Lipinski definition) is 2. The van der Waals surface area contributed by atoms with Gasteiger partial charge >= 0.3 is 0 Å². The number of piperidine rings is 1. The molecule has 0 bridgehead atoms. The summed E-state index contributed by atoms with van der Waals surface area (Å²) in [5.41, 5.74) is 3.08. The molecule has 0 unspecified atom stereocenters. The van der Waals surface area contributed by atoms with E-state index in [1.165, 1.54) is 11.1 Å². The van der Waals surface area contributed by atoms with Gasteiger partial charge in [-0.15, -0.1) is 0 Å². The number of benzene rings is 3. The van der Waals surface area contributed by atoms with Crippen molar-refractivity contribution < 1.29 is 9.53 Å². The van der Waals surface area contributed by atoms with Crippen LogP contribution in [0.5, 0.6) is 5.75 Å². The van der Waals surface area contributed by atoms with Crippen LogP contribution in [-0.2, 0) is 13.0 Å². The van der Waals surface area contributed by atoms with Gasteiger partial charge in [-0.1, -0.05) is 60.7 Å². The topological polar surface area (TPSA) is 53.6 Å². The molecule has 7 heteroatoms. The zero-order chi connectivity index (χ0) is 24.5. The van der Waals surface area contributed by atoms with Crippen molar-refractivity contribution in [3.63, 3.8) is 0 Å². The summed E-state index contributed by atoms with van der Waals surface area (Å²) in [7, 11) is 0. The maximum Gasteiger partial charge on any atom is 0.257 e. The molecule has 4 rings (SSSR count). The molecule has 5 nitrogen and oxygen atoms in total. The first-order valence-electron chi connectivity index (χ1n) is 11.9. The summed E-state index contributed by atoms with van der Waals surface area (Å²) in [5, 5.41) is 6.49. The van der Waals surface area contributed by atoms with Crippen LogP contribution in [0, 0.1) is 0 Å². The first-order valence-corrected chi connectivity index (χ1v) is 13.1. The number of nitrogens with one attached hydrogen (secondary N) is 2. The van der Waals surface area contributed by atoms with Crippen LogP contribution in [0.4, 0.5) is 0 Å². The van der Waals surface area contributed by atoms with E-state index in [4.69, 9.17) is 17.0 Å². The van der Waals surface area contributed by atoms with Gasteiger partial charge in [0.25, 0.3) is 5.91 Å². The zero-order valence-electron chi connectivity index (χ0n) is 19.6. The molecule has 35 heavy (non-hydrogen) atoms. The second kappa shape index (κ2) is 12.8. The second-order valence-corrected chi connectivity index (χ2v) is 9.96. The van der Waals surface area contributed by atoms with Crippen LogP contribution >= 0.6 is 28.1 Å². The lowest BCUT2D eigenvalue weighted by atomic mass is 10.0. The quantitative estimate of drug-likeness (QED) is 0.370. The SMILES string of the molecule is O=C(NC(=S)NC1CCN(Cc2ccccc2)CC1)c1ccc(OCCc2ccccc2)c(Br)c1. The molecule has 182 valence electrons. The number of halogens is 1. The van der Waals surface area contributed by atoms with E-state index in [1.54, 1.807) is 12.1 Å². The highest BCUT2D eigenvalue weighted by molar-refractivity contribution is 9.10. The van der Waals surface area contributed by atoms with Gasteiger partial charge < -0.3 is 10.1 Å². The predicted octanol–water partition coefficient (Wildman–Crippen LogP) is 5.34. The van der Waals surface area contributed by atoms with Gasteiger partial charge in [0.05, 0.1) is 11.1 Å². The standard InChI is InChI=1S/C28H30BrN3O2S/c29-25-19-23(11-12-26(25)34-18-15-21-7-3-1-4-8-21)27(33)31-28(35)30-24-13-16-32(17-14-24)20-22-9-5-2-6-10-22/h1-12,19,24H,13-18,20H2,(H2,30,31,33,35). The highest BCUT2D eigenvalue weighted by Crippen LogP contribution is 2.26. The molecule has 0 spiro atoms. The van der Waals surface area contributed by atoms with E-state index in [9.17, 15) is 4.79 Å². The van der Waals surface area contributed by atoms with Crippen LogP contribution in [0.1, 0.15) is 34.3 Å². The van der Waals surface area contributed by atoms with E-state index in [-0.39, 0.29) is 11.9 Å². The number of ether oxygens (including phenoxy) is 1. The summed E-state index contributed by atoms with van der Waals surface area (Å²) in [6.45, 7) is 3.53. The van der Waals surface area contributed by atoms with Crippen molar-refractivity contribution in [1.82, 2.24) is 15.5 Å². The van der Waals surface area contributed by atoms with Crippen LogP contribution in [0.15, 0.2) is 83.3 Å². The Morgan fingerprint density at radius 2 is 1.63 bits per heavy atom. The number of rotatable bonds is 8. The Morgan fingerprint density at radius 3 is 2.29 bits per heavy atom. The molecule has 1 amide bonds. The Kier molecular flexibility index (Phi) is 9.28. The third kappa shape index (κ3) is 7.88. The monoisotopic (exact) mass is 551 g/mol. The number of carbonyl (C=O) groups excluding carboxylic acids is 1. The van der Waals surface area contributed by atoms with Crippen molar-refractivity contribution in [3.8, 4) is 5.75 Å². The molecule has 0 radical (unpaired) electrons. The van der Waals surface area contributed by atoms with Crippen molar-refractivity contribution >= 4 is 39.2 Å². The molecule has 1 fully saturated rings. The molecular formula is C28H30BrN3O2S. The zero-order valence-corrected chi connectivity index (χ0v) is 22.0. The summed E-state index contributed by atoms with van der Waals surface area (Å²) in [6.07, 6.45) is 2.80. The minimum absolute atomic E-state index is 0.236. The maximum absolute atomic E-state index is 12.7. The van der Waals surface area contributed by atoms with E-state index in [2.05, 4.69) is 67.9 Å². The number of nitrogens with zero attached hydrogens (tertiary/aromatic N) is 1. The normalized spacial score (nSPS) is 14.3. The fourth-order valence-corrected chi connectivity index (χ4v) is 4.91. The molecule has 0 saturated carbocycles. The Morgan fingerprint density at radius 1 is 0.971 bits per heavy atom. The molecule has 1 aliphatic heterocycles. The van der Waals surface area contributed by atoms with Crippen LogP contribution in [0.3, 0.4) is 0 Å². The van der Waals surface area contributed by atoms with Crippen molar-refractivity contribution in [3.05, 3.63) is 100 Å². The molecule has 0 atom stereocenters. The lowest BCUT2D eigenvalue weighted by molar-refractivity contribution is 0.0976. The molecule has 0 aliphatic carbocycles. The van der Waals surface area contributed by atoms with Gasteiger partial charge in [-0.3, -0.25) is 15.0 Å². The summed E-state index contributed by atoms with van der Waals surface area (Å²) < 4.78 is 6.62. The lowest BCUT2D eigenvalue weighted by Gasteiger charge is -2.32. The minimum atomic E-state index is -0.236. The number of thiocarbonyl (C=S) groups is 1. The predicted molar refractivity (Wildman–Crippen MR) is 148 cm³/mol. The molecule has 1 heterocycles. The molecule has 3 aromatic carbocycles. The highest BCUT2D eigenvalue weighted by Gasteiger charge is 2.20. The Balaban J connectivity index is 1.19. The average molecular weight is 553 g/mol. The van der Waals surface area contributed by atoms with E-state index >= 15 is 0 Å². The number of carbonyl (C=O) groups is 1. The number of amides is 1. The Bertz CT molecular complexity index is 1120. The van der Waals surface area contributed by atoms with Crippen molar-refractivity contribution in [1.29, 1.82) is 0 Å².